The molecule has 1 aromatic rings. The van der Waals surface area contributed by atoms with E-state index in [4.69, 9.17) is 10.5 Å². The van der Waals surface area contributed by atoms with E-state index in [2.05, 4.69) is 5.32 Å². The number of hydrogen-bond acceptors (Lipinski definition) is 4. The highest BCUT2D eigenvalue weighted by atomic mass is 35.5. The Morgan fingerprint density at radius 1 is 1.48 bits per heavy atom. The third-order valence-electron chi connectivity index (χ3n) is 3.31. The molecule has 21 heavy (non-hydrogen) atoms. The molecular weight excluding hydrogens is 294 g/mol. The predicted octanol–water partition coefficient (Wildman–Crippen LogP) is 0.686. The lowest BCUT2D eigenvalue weighted by Gasteiger charge is -2.20. The highest BCUT2D eigenvalue weighted by Crippen LogP contribution is 2.30. The molecule has 1 heterocycles. The lowest BCUT2D eigenvalue weighted by atomic mass is 10.2. The highest BCUT2D eigenvalue weighted by Gasteiger charge is 2.35. The number of carbonyl (C=O) groups excluding carboxylic acids is 2. The molecule has 0 aliphatic carbocycles. The van der Waals surface area contributed by atoms with Crippen LogP contribution in [0, 0.1) is 0 Å². The molecule has 3 N–H and O–H groups in total. The van der Waals surface area contributed by atoms with Gasteiger partial charge >= 0.3 is 0 Å². The molecule has 7 heteroatoms. The maximum Gasteiger partial charge on any atom is 0.249 e. The summed E-state index contributed by atoms with van der Waals surface area (Å²) in [7, 11) is 1.56. The summed E-state index contributed by atoms with van der Waals surface area (Å²) < 4.78 is 5.26. The van der Waals surface area contributed by atoms with Crippen molar-refractivity contribution in [2.24, 2.45) is 5.73 Å². The molecular formula is C14H20ClN3O3. The third-order valence-corrected chi connectivity index (χ3v) is 3.31. The van der Waals surface area contributed by atoms with Gasteiger partial charge in [0.15, 0.2) is 0 Å². The van der Waals surface area contributed by atoms with Crippen molar-refractivity contribution >= 4 is 29.9 Å². The number of nitrogens with two attached hydrogens (primary N) is 1. The molecule has 1 aromatic carbocycles. The molecule has 116 valence electrons. The van der Waals surface area contributed by atoms with Crippen LogP contribution in [0.1, 0.15) is 13.3 Å². The maximum atomic E-state index is 12.3. The Morgan fingerprint density at radius 3 is 2.76 bits per heavy atom. The fraction of sp³-hybridized carbons (Fsp3) is 0.429. The zero-order chi connectivity index (χ0) is 14.7. The van der Waals surface area contributed by atoms with E-state index in [0.717, 1.165) is 5.69 Å². The smallest absolute Gasteiger partial charge is 0.249 e. The monoisotopic (exact) mass is 313 g/mol. The summed E-state index contributed by atoms with van der Waals surface area (Å²) in [6, 6.07) is 6.18. The molecule has 1 fully saturated rings. The number of carbonyl (C=O) groups is 2. The zero-order valence-corrected chi connectivity index (χ0v) is 12.9. The number of nitrogens with zero attached hydrogens (tertiary/aromatic N) is 1. The SMILES string of the molecule is COc1ccccc1N1CCC(NC(=O)[C@H](C)N)C1=O.Cl. The zero-order valence-electron chi connectivity index (χ0n) is 12.0. The molecule has 0 spiro atoms. The van der Waals surface area contributed by atoms with Crippen LogP contribution in [-0.2, 0) is 9.59 Å². The van der Waals surface area contributed by atoms with E-state index in [0.29, 0.717) is 18.7 Å². The van der Waals surface area contributed by atoms with Crippen molar-refractivity contribution in [1.29, 1.82) is 0 Å². The molecule has 2 rings (SSSR count). The molecule has 1 aliphatic rings. The molecule has 2 amide bonds. The van der Waals surface area contributed by atoms with E-state index >= 15 is 0 Å². The first-order chi connectivity index (χ1) is 9.54. The largest absolute Gasteiger partial charge is 0.495 e. The Balaban J connectivity index is 0.00000220. The van der Waals surface area contributed by atoms with E-state index in [-0.39, 0.29) is 24.2 Å². The molecule has 2 atom stereocenters. The van der Waals surface area contributed by atoms with E-state index in [1.807, 2.05) is 18.2 Å². The van der Waals surface area contributed by atoms with Gasteiger partial charge in [0, 0.05) is 6.54 Å². The third kappa shape index (κ3) is 3.65. The molecule has 0 saturated carbocycles. The van der Waals surface area contributed by atoms with Gasteiger partial charge in [0.2, 0.25) is 11.8 Å². The van der Waals surface area contributed by atoms with Crippen molar-refractivity contribution in [1.82, 2.24) is 5.32 Å². The summed E-state index contributed by atoms with van der Waals surface area (Å²) in [5.74, 6) is 0.189. The summed E-state index contributed by atoms with van der Waals surface area (Å²) in [6.45, 7) is 2.13. The Morgan fingerprint density at radius 2 is 2.14 bits per heavy atom. The minimum atomic E-state index is -0.622. The van der Waals surface area contributed by atoms with Gasteiger partial charge in [-0.3, -0.25) is 9.59 Å². The van der Waals surface area contributed by atoms with Crippen LogP contribution in [0.5, 0.6) is 5.75 Å². The molecule has 0 bridgehead atoms. The van der Waals surface area contributed by atoms with Crippen molar-refractivity contribution in [3.63, 3.8) is 0 Å². The van der Waals surface area contributed by atoms with Gasteiger partial charge in [-0.25, -0.2) is 0 Å². The minimum absolute atomic E-state index is 0. The minimum Gasteiger partial charge on any atom is -0.495 e. The maximum absolute atomic E-state index is 12.3. The van der Waals surface area contributed by atoms with Crippen LogP contribution in [0.15, 0.2) is 24.3 Å². The van der Waals surface area contributed by atoms with E-state index in [9.17, 15) is 9.59 Å². The number of benzene rings is 1. The van der Waals surface area contributed by atoms with Gasteiger partial charge in [-0.1, -0.05) is 12.1 Å². The van der Waals surface area contributed by atoms with Gasteiger partial charge in [-0.2, -0.15) is 0 Å². The number of rotatable bonds is 4. The number of nitrogens with one attached hydrogen (secondary N) is 1. The fourth-order valence-electron chi connectivity index (χ4n) is 2.21. The van der Waals surface area contributed by atoms with Crippen LogP contribution in [0.3, 0.4) is 0 Å². The normalized spacial score (nSPS) is 18.9. The van der Waals surface area contributed by atoms with E-state index in [1.165, 1.54) is 0 Å². The Bertz CT molecular complexity index is 522. The first-order valence-electron chi connectivity index (χ1n) is 6.55. The van der Waals surface area contributed by atoms with Gasteiger partial charge in [-0.15, -0.1) is 12.4 Å². The summed E-state index contributed by atoms with van der Waals surface area (Å²) in [5, 5.41) is 2.67. The second-order valence-corrected chi connectivity index (χ2v) is 4.80. The van der Waals surface area contributed by atoms with E-state index in [1.54, 1.807) is 25.0 Å². The first-order valence-corrected chi connectivity index (χ1v) is 6.55. The summed E-state index contributed by atoms with van der Waals surface area (Å²) >= 11 is 0. The van der Waals surface area contributed by atoms with Crippen molar-refractivity contribution in [2.75, 3.05) is 18.6 Å². The lowest BCUT2D eigenvalue weighted by molar-refractivity contribution is -0.127. The topological polar surface area (TPSA) is 84.7 Å². The number of hydrogen-bond donors (Lipinski definition) is 2. The van der Waals surface area contributed by atoms with Crippen molar-refractivity contribution in [3.05, 3.63) is 24.3 Å². The van der Waals surface area contributed by atoms with Gasteiger partial charge in [0.25, 0.3) is 0 Å². The van der Waals surface area contributed by atoms with Gasteiger partial charge < -0.3 is 20.7 Å². The predicted molar refractivity (Wildman–Crippen MR) is 82.8 cm³/mol. The van der Waals surface area contributed by atoms with Crippen LogP contribution < -0.4 is 20.7 Å². The second kappa shape index (κ2) is 7.28. The van der Waals surface area contributed by atoms with Crippen LogP contribution >= 0.6 is 12.4 Å². The quantitative estimate of drug-likeness (QED) is 0.856. The van der Waals surface area contributed by atoms with Crippen LogP contribution in [-0.4, -0.2) is 37.6 Å². The van der Waals surface area contributed by atoms with Gasteiger partial charge in [0.1, 0.15) is 11.8 Å². The average Bonchev–Trinajstić information content (AvgIpc) is 2.80. The molecule has 1 aliphatic heterocycles. The van der Waals surface area contributed by atoms with Gasteiger partial charge in [-0.05, 0) is 25.5 Å². The highest BCUT2D eigenvalue weighted by molar-refractivity contribution is 6.02. The van der Waals surface area contributed by atoms with Crippen LogP contribution in [0.4, 0.5) is 5.69 Å². The Labute approximate surface area is 130 Å². The van der Waals surface area contributed by atoms with Gasteiger partial charge in [0.05, 0.1) is 18.8 Å². The lowest BCUT2D eigenvalue weighted by Crippen LogP contribution is -2.47. The molecule has 0 radical (unpaired) electrons. The second-order valence-electron chi connectivity index (χ2n) is 4.80. The molecule has 0 aromatic heterocycles. The average molecular weight is 314 g/mol. The molecule has 6 nitrogen and oxygen atoms in total. The number of anilines is 1. The molecule has 1 saturated heterocycles. The Kier molecular flexibility index (Phi) is 5.99. The van der Waals surface area contributed by atoms with Crippen molar-refractivity contribution in [2.45, 2.75) is 25.4 Å². The standard InChI is InChI=1S/C14H19N3O3.ClH/c1-9(15)13(18)16-10-7-8-17(14(10)19)11-5-3-4-6-12(11)20-2;/h3-6,9-10H,7-8,15H2,1-2H3,(H,16,18);1H/t9-,10?;/m0./s1. The Hall–Kier alpha value is -1.79. The number of methoxy groups -OCH3 is 1. The van der Waals surface area contributed by atoms with Crippen molar-refractivity contribution < 1.29 is 14.3 Å². The van der Waals surface area contributed by atoms with Crippen LogP contribution in [0.2, 0.25) is 0 Å². The van der Waals surface area contributed by atoms with Crippen LogP contribution in [0.25, 0.3) is 0 Å². The summed E-state index contributed by atoms with van der Waals surface area (Å²) in [6.07, 6.45) is 0.565. The van der Waals surface area contributed by atoms with Crippen molar-refractivity contribution in [3.8, 4) is 5.75 Å². The summed E-state index contributed by atoms with van der Waals surface area (Å²) in [5.41, 5.74) is 6.21. The fourth-order valence-corrected chi connectivity index (χ4v) is 2.21. The first kappa shape index (κ1) is 17.3. The number of ether oxygens (including phenoxy) is 1. The molecule has 1 unspecified atom stereocenters. The number of halogens is 1. The summed E-state index contributed by atoms with van der Waals surface area (Å²) in [4.78, 5) is 25.6. The van der Waals surface area contributed by atoms with E-state index < -0.39 is 12.1 Å². The number of para-hydroxylation sites is 2. The number of amides is 2.